The molecule has 1 fully saturated rings. The number of likely N-dealkylation sites (N-methyl/N-ethyl adjacent to an activating group) is 1. The molecule has 1 heterocycles. The van der Waals surface area contributed by atoms with Crippen molar-refractivity contribution in [1.29, 1.82) is 0 Å². The van der Waals surface area contributed by atoms with E-state index in [1.807, 2.05) is 24.3 Å². The maximum Gasteiger partial charge on any atom is 0.238 e. The Balaban J connectivity index is 1.46. The number of carbonyl (C=O) groups excluding carboxylic acids is 2. The third kappa shape index (κ3) is 6.58. The quantitative estimate of drug-likeness (QED) is 0.735. The van der Waals surface area contributed by atoms with Gasteiger partial charge in [0.25, 0.3) is 0 Å². The van der Waals surface area contributed by atoms with Crippen LogP contribution in [0.5, 0.6) is 0 Å². The average Bonchev–Trinajstić information content (AvgIpc) is 2.72. The van der Waals surface area contributed by atoms with E-state index in [1.165, 1.54) is 16.0 Å². The number of benzene rings is 2. The minimum atomic E-state index is -0.137. The van der Waals surface area contributed by atoms with Crippen molar-refractivity contribution in [2.24, 2.45) is 0 Å². The summed E-state index contributed by atoms with van der Waals surface area (Å²) in [5.74, 6) is -0.108. The topological polar surface area (TPSA) is 61.9 Å². The number of carbonyl (C=O) groups is 2. The zero-order chi connectivity index (χ0) is 21.5. The van der Waals surface area contributed by atoms with Crippen LogP contribution in [0, 0.1) is 13.8 Å². The van der Waals surface area contributed by atoms with Gasteiger partial charge in [0.05, 0.1) is 26.3 Å². The molecule has 6 nitrogen and oxygen atoms in total. The van der Waals surface area contributed by atoms with E-state index in [0.717, 1.165) is 10.6 Å². The Hall–Kier alpha value is -2.35. The SMILES string of the molecule is Cc1ccc(Sc2ccc(NC(=O)CN(C)CC(=O)N3CCOCC3)cc2)cc1C. The molecule has 160 valence electrons. The zero-order valence-corrected chi connectivity index (χ0v) is 18.6. The van der Waals surface area contributed by atoms with Gasteiger partial charge in [-0.25, -0.2) is 0 Å². The van der Waals surface area contributed by atoms with Crippen LogP contribution in [0.1, 0.15) is 11.1 Å². The minimum Gasteiger partial charge on any atom is -0.378 e. The summed E-state index contributed by atoms with van der Waals surface area (Å²) in [4.78, 5) is 30.4. The Morgan fingerprint density at radius 3 is 2.33 bits per heavy atom. The van der Waals surface area contributed by atoms with E-state index in [0.29, 0.717) is 26.3 Å². The molecular weight excluding hydrogens is 398 g/mol. The van der Waals surface area contributed by atoms with Crippen molar-refractivity contribution in [3.63, 3.8) is 0 Å². The predicted molar refractivity (Wildman–Crippen MR) is 120 cm³/mol. The van der Waals surface area contributed by atoms with Crippen LogP contribution in [0.25, 0.3) is 0 Å². The molecule has 0 aromatic heterocycles. The molecule has 0 unspecified atom stereocenters. The number of anilines is 1. The number of hydrogen-bond acceptors (Lipinski definition) is 5. The van der Waals surface area contributed by atoms with Crippen molar-refractivity contribution < 1.29 is 14.3 Å². The minimum absolute atomic E-state index is 0.0290. The lowest BCUT2D eigenvalue weighted by molar-refractivity contribution is -0.136. The molecule has 0 atom stereocenters. The number of ether oxygens (including phenoxy) is 1. The Morgan fingerprint density at radius 1 is 1.00 bits per heavy atom. The second-order valence-electron chi connectivity index (χ2n) is 7.59. The van der Waals surface area contributed by atoms with E-state index in [4.69, 9.17) is 4.74 Å². The van der Waals surface area contributed by atoms with E-state index < -0.39 is 0 Å². The Bertz CT molecular complexity index is 880. The highest BCUT2D eigenvalue weighted by molar-refractivity contribution is 7.99. The van der Waals surface area contributed by atoms with Gasteiger partial charge in [0.2, 0.25) is 11.8 Å². The number of aryl methyl sites for hydroxylation is 2. The fraction of sp³-hybridized carbons (Fsp3) is 0.391. The van der Waals surface area contributed by atoms with Gasteiger partial charge in [0.1, 0.15) is 0 Å². The molecule has 3 rings (SSSR count). The summed E-state index contributed by atoms with van der Waals surface area (Å²) in [5, 5.41) is 2.90. The van der Waals surface area contributed by atoms with Gasteiger partial charge in [0.15, 0.2) is 0 Å². The fourth-order valence-corrected chi connectivity index (χ4v) is 4.08. The molecular formula is C23H29N3O3S. The monoisotopic (exact) mass is 427 g/mol. The van der Waals surface area contributed by atoms with Crippen LogP contribution >= 0.6 is 11.8 Å². The van der Waals surface area contributed by atoms with E-state index in [1.54, 1.807) is 28.6 Å². The van der Waals surface area contributed by atoms with Gasteiger partial charge in [0, 0.05) is 28.6 Å². The largest absolute Gasteiger partial charge is 0.378 e. The standard InChI is InChI=1S/C23H29N3O3S/c1-17-4-7-21(14-18(17)2)30-20-8-5-19(6-9-20)24-22(27)15-25(3)16-23(28)26-10-12-29-13-11-26/h4-9,14H,10-13,15-16H2,1-3H3,(H,24,27). The average molecular weight is 428 g/mol. The lowest BCUT2D eigenvalue weighted by atomic mass is 10.1. The van der Waals surface area contributed by atoms with Crippen molar-refractivity contribution in [2.75, 3.05) is 51.8 Å². The fourth-order valence-electron chi connectivity index (χ4n) is 3.17. The van der Waals surface area contributed by atoms with Gasteiger partial charge in [-0.15, -0.1) is 0 Å². The van der Waals surface area contributed by atoms with Crippen LogP contribution in [0.15, 0.2) is 52.3 Å². The molecule has 7 heteroatoms. The van der Waals surface area contributed by atoms with Crippen LogP contribution < -0.4 is 5.32 Å². The number of amides is 2. The Labute approximate surface area is 182 Å². The zero-order valence-electron chi connectivity index (χ0n) is 17.8. The smallest absolute Gasteiger partial charge is 0.238 e. The van der Waals surface area contributed by atoms with Crippen LogP contribution in [0.4, 0.5) is 5.69 Å². The molecule has 1 aliphatic rings. The molecule has 2 aromatic rings. The third-order valence-corrected chi connectivity index (χ3v) is 6.03. The normalized spacial score (nSPS) is 14.1. The number of nitrogens with zero attached hydrogens (tertiary/aromatic N) is 2. The van der Waals surface area contributed by atoms with Crippen LogP contribution in [-0.2, 0) is 14.3 Å². The van der Waals surface area contributed by atoms with Crippen LogP contribution in [0.2, 0.25) is 0 Å². The third-order valence-electron chi connectivity index (χ3n) is 5.03. The molecule has 0 spiro atoms. The van der Waals surface area contributed by atoms with Gasteiger partial charge in [-0.1, -0.05) is 17.8 Å². The maximum absolute atomic E-state index is 12.3. The summed E-state index contributed by atoms with van der Waals surface area (Å²) in [6.07, 6.45) is 0. The first kappa shape index (κ1) is 22.3. The Morgan fingerprint density at radius 2 is 1.67 bits per heavy atom. The molecule has 2 aromatic carbocycles. The number of rotatable bonds is 7. The van der Waals surface area contributed by atoms with Gasteiger partial charge in [-0.05, 0) is 68.4 Å². The van der Waals surface area contributed by atoms with Crippen molar-refractivity contribution >= 4 is 29.3 Å². The number of morpholine rings is 1. The summed E-state index contributed by atoms with van der Waals surface area (Å²) >= 11 is 1.70. The first-order chi connectivity index (χ1) is 14.4. The first-order valence-electron chi connectivity index (χ1n) is 10.1. The summed E-state index contributed by atoms with van der Waals surface area (Å²) in [6, 6.07) is 14.2. The van der Waals surface area contributed by atoms with E-state index in [9.17, 15) is 9.59 Å². The van der Waals surface area contributed by atoms with Crippen LogP contribution in [0.3, 0.4) is 0 Å². The van der Waals surface area contributed by atoms with Crippen molar-refractivity contribution in [2.45, 2.75) is 23.6 Å². The highest BCUT2D eigenvalue weighted by Gasteiger charge is 2.19. The van der Waals surface area contributed by atoms with E-state index in [2.05, 4.69) is 37.4 Å². The van der Waals surface area contributed by atoms with Crippen LogP contribution in [-0.4, -0.2) is 68.1 Å². The Kier molecular flexibility index (Phi) is 7.90. The predicted octanol–water partition coefficient (Wildman–Crippen LogP) is 3.18. The van der Waals surface area contributed by atoms with Crippen molar-refractivity contribution in [3.05, 3.63) is 53.6 Å². The van der Waals surface area contributed by atoms with Gasteiger partial charge < -0.3 is 15.0 Å². The van der Waals surface area contributed by atoms with Crippen molar-refractivity contribution in [1.82, 2.24) is 9.80 Å². The van der Waals surface area contributed by atoms with Gasteiger partial charge in [-0.3, -0.25) is 14.5 Å². The summed E-state index contributed by atoms with van der Waals surface area (Å²) in [7, 11) is 1.78. The lowest BCUT2D eigenvalue weighted by Crippen LogP contribution is -2.46. The molecule has 0 aliphatic carbocycles. The summed E-state index contributed by atoms with van der Waals surface area (Å²) in [5.41, 5.74) is 3.31. The molecule has 1 saturated heterocycles. The van der Waals surface area contributed by atoms with E-state index in [-0.39, 0.29) is 24.9 Å². The maximum atomic E-state index is 12.3. The molecule has 2 amide bonds. The molecule has 1 aliphatic heterocycles. The number of hydrogen-bond donors (Lipinski definition) is 1. The molecule has 0 saturated carbocycles. The first-order valence-corrected chi connectivity index (χ1v) is 10.9. The van der Waals surface area contributed by atoms with Gasteiger partial charge >= 0.3 is 0 Å². The second kappa shape index (κ2) is 10.6. The molecule has 30 heavy (non-hydrogen) atoms. The lowest BCUT2D eigenvalue weighted by Gasteiger charge is -2.28. The summed E-state index contributed by atoms with van der Waals surface area (Å²) in [6.45, 7) is 6.99. The highest BCUT2D eigenvalue weighted by Crippen LogP contribution is 2.29. The van der Waals surface area contributed by atoms with Gasteiger partial charge in [-0.2, -0.15) is 0 Å². The summed E-state index contributed by atoms with van der Waals surface area (Å²) < 4.78 is 5.26. The van der Waals surface area contributed by atoms with Crippen molar-refractivity contribution in [3.8, 4) is 0 Å². The van der Waals surface area contributed by atoms with E-state index >= 15 is 0 Å². The number of nitrogens with one attached hydrogen (secondary N) is 1. The molecule has 1 N–H and O–H groups in total. The molecule has 0 bridgehead atoms. The second-order valence-corrected chi connectivity index (χ2v) is 8.73. The highest BCUT2D eigenvalue weighted by atomic mass is 32.2. The molecule has 0 radical (unpaired) electrons.